The molecule has 1 aromatic rings. The van der Waals surface area contributed by atoms with Crippen LogP contribution in [0.25, 0.3) is 0 Å². The van der Waals surface area contributed by atoms with Crippen LogP contribution in [0.5, 0.6) is 0 Å². The Labute approximate surface area is 169 Å². The molecule has 0 radical (unpaired) electrons. The molecule has 1 aromatic carbocycles. The van der Waals surface area contributed by atoms with Gasteiger partial charge in [-0.2, -0.15) is 0 Å². The summed E-state index contributed by atoms with van der Waals surface area (Å²) in [6, 6.07) is 8.72. The largest absolute Gasteiger partial charge is 0.462 e. The molecule has 9 heteroatoms. The van der Waals surface area contributed by atoms with Gasteiger partial charge in [-0.3, -0.25) is 14.4 Å². The molecule has 0 saturated carbocycles. The summed E-state index contributed by atoms with van der Waals surface area (Å²) in [6.45, 7) is 6.54. The van der Waals surface area contributed by atoms with Crippen LogP contribution in [0.15, 0.2) is 30.3 Å². The van der Waals surface area contributed by atoms with E-state index >= 15 is 0 Å². The maximum absolute atomic E-state index is 11.5. The van der Waals surface area contributed by atoms with E-state index in [1.165, 1.54) is 0 Å². The lowest BCUT2D eigenvalue weighted by Gasteiger charge is -2.08. The van der Waals surface area contributed by atoms with Gasteiger partial charge in [-0.05, 0) is 44.0 Å². The van der Waals surface area contributed by atoms with Crippen LogP contribution in [-0.4, -0.2) is 48.8 Å². The first kappa shape index (κ1) is 25.4. The fraction of sp³-hybridized carbons (Fsp3) is 0.474. The maximum atomic E-state index is 11.5. The molecule has 156 valence electrons. The average molecular weight is 413 g/mol. The molecule has 0 aliphatic carbocycles. The molecule has 0 aliphatic rings. The Morgan fingerprint density at radius 1 is 1.00 bits per heavy atom. The Morgan fingerprint density at radius 3 is 2.11 bits per heavy atom. The summed E-state index contributed by atoms with van der Waals surface area (Å²) in [4.78, 5) is 44.0. The van der Waals surface area contributed by atoms with Crippen LogP contribution in [0.4, 0.5) is 4.79 Å². The van der Waals surface area contributed by atoms with E-state index in [0.29, 0.717) is 5.56 Å². The molecule has 0 saturated heterocycles. The highest BCUT2D eigenvalue weighted by Crippen LogP contribution is 2.00. The first-order chi connectivity index (χ1) is 13.2. The minimum atomic E-state index is -0.452. The number of ether oxygens (including phenoxy) is 3. The third-order valence-corrected chi connectivity index (χ3v) is 3.26. The van der Waals surface area contributed by atoms with Crippen LogP contribution < -0.4 is 5.32 Å². The molecule has 0 aromatic heterocycles. The van der Waals surface area contributed by atoms with E-state index in [2.05, 4.69) is 14.8 Å². The van der Waals surface area contributed by atoms with Gasteiger partial charge < -0.3 is 19.5 Å². The summed E-state index contributed by atoms with van der Waals surface area (Å²) in [5.41, 5.74) is 0.528. The molecule has 0 fully saturated rings. The monoisotopic (exact) mass is 413 g/mol. The van der Waals surface area contributed by atoms with Gasteiger partial charge in [0.05, 0.1) is 12.0 Å². The fourth-order valence-electron chi connectivity index (χ4n) is 1.51. The molecule has 1 rings (SSSR count). The predicted molar refractivity (Wildman–Crippen MR) is 106 cm³/mol. The second-order valence-corrected chi connectivity index (χ2v) is 6.66. The highest BCUT2D eigenvalue weighted by atomic mass is 32.2. The zero-order valence-electron chi connectivity index (χ0n) is 16.7. The van der Waals surface area contributed by atoms with Gasteiger partial charge in [-0.25, -0.2) is 4.79 Å². The van der Waals surface area contributed by atoms with Crippen LogP contribution in [-0.2, 0) is 23.8 Å². The Kier molecular flexibility index (Phi) is 13.2. The van der Waals surface area contributed by atoms with Crippen molar-refractivity contribution in [3.05, 3.63) is 35.9 Å². The third-order valence-electron chi connectivity index (χ3n) is 2.81. The summed E-state index contributed by atoms with van der Waals surface area (Å²) in [6.07, 6.45) is 1.42. The molecular weight excluding hydrogens is 386 g/mol. The van der Waals surface area contributed by atoms with Crippen molar-refractivity contribution in [1.29, 1.82) is 0 Å². The van der Waals surface area contributed by atoms with E-state index in [1.807, 2.05) is 6.07 Å². The Balaban J connectivity index is 0.000000546. The smallest absolute Gasteiger partial charge is 0.369 e. The zero-order valence-corrected chi connectivity index (χ0v) is 17.5. The van der Waals surface area contributed by atoms with Crippen LogP contribution >= 0.6 is 11.8 Å². The summed E-state index contributed by atoms with van der Waals surface area (Å²) in [7, 11) is 0. The van der Waals surface area contributed by atoms with Crippen molar-refractivity contribution in [2.45, 2.75) is 33.8 Å². The third kappa shape index (κ3) is 12.7. The number of carbonyl (C=O) groups is 4. The van der Waals surface area contributed by atoms with E-state index in [4.69, 9.17) is 4.74 Å². The lowest BCUT2D eigenvalue weighted by Crippen LogP contribution is -2.31. The highest BCUT2D eigenvalue weighted by Gasteiger charge is 2.09. The number of hydrogen-bond donors (Lipinski definition) is 1. The second kappa shape index (κ2) is 14.5. The zero-order chi connectivity index (χ0) is 21.5. The highest BCUT2D eigenvalue weighted by molar-refractivity contribution is 8.12. The SMILES string of the molecule is CC(C)OC(=O)CNC(=O)c1ccccc1.CSC(=O)OCOC(=O)C(C)C. The molecule has 0 spiro atoms. The number of hydrogen-bond acceptors (Lipinski definition) is 8. The van der Waals surface area contributed by atoms with Crippen molar-refractivity contribution in [2.75, 3.05) is 19.6 Å². The van der Waals surface area contributed by atoms with Gasteiger partial charge in [0, 0.05) is 5.56 Å². The Morgan fingerprint density at radius 2 is 1.61 bits per heavy atom. The minimum absolute atomic E-state index is 0.105. The first-order valence-electron chi connectivity index (χ1n) is 8.57. The van der Waals surface area contributed by atoms with Gasteiger partial charge in [-0.15, -0.1) is 0 Å². The van der Waals surface area contributed by atoms with E-state index in [0.717, 1.165) is 11.8 Å². The molecule has 28 heavy (non-hydrogen) atoms. The van der Waals surface area contributed by atoms with Crippen molar-refractivity contribution in [2.24, 2.45) is 5.92 Å². The van der Waals surface area contributed by atoms with Crippen molar-refractivity contribution >= 4 is 34.9 Å². The van der Waals surface area contributed by atoms with Gasteiger partial charge in [0.15, 0.2) is 0 Å². The average Bonchev–Trinajstić information content (AvgIpc) is 2.66. The van der Waals surface area contributed by atoms with Gasteiger partial charge in [0.1, 0.15) is 6.54 Å². The summed E-state index contributed by atoms with van der Waals surface area (Å²) in [5, 5.41) is 2.04. The van der Waals surface area contributed by atoms with E-state index in [-0.39, 0.29) is 37.2 Å². The van der Waals surface area contributed by atoms with Crippen LogP contribution in [0.2, 0.25) is 0 Å². The van der Waals surface area contributed by atoms with Crippen molar-refractivity contribution < 1.29 is 33.4 Å². The van der Waals surface area contributed by atoms with E-state index in [1.54, 1.807) is 58.2 Å². The normalized spacial score (nSPS) is 9.82. The molecule has 0 atom stereocenters. The molecule has 0 heterocycles. The van der Waals surface area contributed by atoms with E-state index in [9.17, 15) is 19.2 Å². The second-order valence-electron chi connectivity index (χ2n) is 5.92. The first-order valence-corrected chi connectivity index (χ1v) is 9.79. The quantitative estimate of drug-likeness (QED) is 0.537. The van der Waals surface area contributed by atoms with Crippen molar-refractivity contribution in [3.63, 3.8) is 0 Å². The summed E-state index contributed by atoms with van der Waals surface area (Å²) >= 11 is 0.932. The van der Waals surface area contributed by atoms with Crippen LogP contribution in [0.1, 0.15) is 38.1 Å². The number of thioether (sulfide) groups is 1. The standard InChI is InChI=1S/C12H15NO3.C7H12O4S/c1-9(2)16-11(14)8-13-12(15)10-6-4-3-5-7-10;1-5(2)6(8)10-4-11-7(9)12-3/h3-7,9H,8H2,1-2H3,(H,13,15);5H,4H2,1-3H3. The lowest BCUT2D eigenvalue weighted by atomic mass is 10.2. The van der Waals surface area contributed by atoms with Gasteiger partial charge in [0.2, 0.25) is 6.79 Å². The predicted octanol–water partition coefficient (Wildman–Crippen LogP) is 3.01. The molecule has 1 amide bonds. The lowest BCUT2D eigenvalue weighted by molar-refractivity contribution is -0.155. The molecule has 0 aliphatic heterocycles. The molecular formula is C19H27NO7S. The van der Waals surface area contributed by atoms with Crippen LogP contribution in [0, 0.1) is 5.92 Å². The molecule has 8 nitrogen and oxygen atoms in total. The Bertz CT molecular complexity index is 632. The van der Waals surface area contributed by atoms with Crippen LogP contribution in [0.3, 0.4) is 0 Å². The van der Waals surface area contributed by atoms with Gasteiger partial charge in [-0.1, -0.05) is 32.0 Å². The Hall–Kier alpha value is -2.55. The number of carbonyl (C=O) groups excluding carboxylic acids is 4. The number of rotatable bonds is 7. The van der Waals surface area contributed by atoms with Crippen molar-refractivity contribution in [3.8, 4) is 0 Å². The maximum Gasteiger partial charge on any atom is 0.369 e. The number of amides is 1. The fourth-order valence-corrected chi connectivity index (χ4v) is 1.68. The van der Waals surface area contributed by atoms with Gasteiger partial charge in [0.25, 0.3) is 5.91 Å². The number of esters is 2. The van der Waals surface area contributed by atoms with Crippen molar-refractivity contribution in [1.82, 2.24) is 5.32 Å². The summed E-state index contributed by atoms with van der Waals surface area (Å²) in [5.74, 6) is -1.28. The van der Waals surface area contributed by atoms with Gasteiger partial charge >= 0.3 is 17.2 Å². The van der Waals surface area contributed by atoms with E-state index < -0.39 is 11.3 Å². The molecule has 0 bridgehead atoms. The topological polar surface area (TPSA) is 108 Å². The molecule has 1 N–H and O–H groups in total. The number of nitrogens with one attached hydrogen (secondary N) is 1. The number of benzene rings is 1. The summed E-state index contributed by atoms with van der Waals surface area (Å²) < 4.78 is 14.0. The minimum Gasteiger partial charge on any atom is -0.462 e. The molecule has 0 unspecified atom stereocenters.